The molecule has 11 heteroatoms. The van der Waals surface area contributed by atoms with Gasteiger partial charge >= 0.3 is 0 Å². The lowest BCUT2D eigenvalue weighted by Crippen LogP contribution is -2.47. The lowest BCUT2D eigenvalue weighted by Gasteiger charge is -2.26. The van der Waals surface area contributed by atoms with Gasteiger partial charge < -0.3 is 34.1 Å². The van der Waals surface area contributed by atoms with Crippen LogP contribution in [0.5, 0.6) is 23.1 Å². The van der Waals surface area contributed by atoms with Crippen LogP contribution in [0.3, 0.4) is 0 Å². The first-order chi connectivity index (χ1) is 21.0. The van der Waals surface area contributed by atoms with E-state index in [0.29, 0.717) is 68.3 Å². The molecule has 3 amide bonds. The van der Waals surface area contributed by atoms with E-state index in [4.69, 9.17) is 18.9 Å². The lowest BCUT2D eigenvalue weighted by atomic mass is 9.94. The molecule has 0 saturated carbocycles. The van der Waals surface area contributed by atoms with E-state index in [-0.39, 0.29) is 48.9 Å². The molecule has 0 unspecified atom stereocenters. The maximum absolute atomic E-state index is 13.6. The molecule has 2 bridgehead atoms. The minimum absolute atomic E-state index is 0.124. The first kappa shape index (κ1) is 28.3. The normalized spacial score (nSPS) is 20.0. The molecule has 2 aromatic carbocycles. The highest BCUT2D eigenvalue weighted by molar-refractivity contribution is 5.98. The molecule has 43 heavy (non-hydrogen) atoms. The number of nitrogens with one attached hydrogen (secondary N) is 1. The van der Waals surface area contributed by atoms with Gasteiger partial charge in [0.2, 0.25) is 18.6 Å². The van der Waals surface area contributed by atoms with E-state index in [1.807, 2.05) is 31.2 Å². The third kappa shape index (κ3) is 6.20. The van der Waals surface area contributed by atoms with Crippen LogP contribution in [0, 0.1) is 0 Å². The van der Waals surface area contributed by atoms with Crippen molar-refractivity contribution < 1.29 is 33.3 Å². The summed E-state index contributed by atoms with van der Waals surface area (Å²) in [6.45, 7) is 3.71. The van der Waals surface area contributed by atoms with E-state index in [2.05, 4.69) is 10.3 Å². The van der Waals surface area contributed by atoms with Crippen molar-refractivity contribution >= 4 is 17.7 Å². The number of aromatic nitrogens is 1. The molecule has 2 atom stereocenters. The SMILES string of the molecule is CCOc1ncccc1C(=O)N1CCCCOc2cccc(c2)[C@H]2CN(C(=O)c3ccc4c(c3)OCO4)C[C@@H]2NC(=O)C1. The molecule has 0 aliphatic carbocycles. The second-order valence-corrected chi connectivity index (χ2v) is 10.7. The van der Waals surface area contributed by atoms with Crippen LogP contribution in [-0.2, 0) is 4.79 Å². The first-order valence-electron chi connectivity index (χ1n) is 14.6. The second kappa shape index (κ2) is 12.6. The molecular weight excluding hydrogens is 552 g/mol. The Morgan fingerprint density at radius 2 is 1.86 bits per heavy atom. The molecular formula is C32H34N4O7. The van der Waals surface area contributed by atoms with Crippen LogP contribution in [-0.4, -0.2) is 84.7 Å². The predicted octanol–water partition coefficient (Wildman–Crippen LogP) is 3.25. The predicted molar refractivity (Wildman–Crippen MR) is 156 cm³/mol. The summed E-state index contributed by atoms with van der Waals surface area (Å²) >= 11 is 0. The Hall–Kier alpha value is -4.80. The number of rotatable bonds is 4. The molecule has 6 rings (SSSR count). The Bertz CT molecular complexity index is 1510. The number of likely N-dealkylation sites (tertiary alicyclic amines) is 1. The van der Waals surface area contributed by atoms with Crippen molar-refractivity contribution in [3.8, 4) is 23.1 Å². The molecule has 3 aliphatic heterocycles. The summed E-state index contributed by atoms with van der Waals surface area (Å²) in [5.41, 5.74) is 1.76. The van der Waals surface area contributed by atoms with Gasteiger partial charge in [0.15, 0.2) is 11.5 Å². The van der Waals surface area contributed by atoms with E-state index in [1.165, 1.54) is 4.90 Å². The first-order valence-corrected chi connectivity index (χ1v) is 14.6. The van der Waals surface area contributed by atoms with Crippen molar-refractivity contribution in [1.82, 2.24) is 20.1 Å². The number of amides is 3. The van der Waals surface area contributed by atoms with Gasteiger partial charge in [-0.25, -0.2) is 4.98 Å². The molecule has 224 valence electrons. The second-order valence-electron chi connectivity index (χ2n) is 10.7. The number of fused-ring (bicyclic) bond motifs is 5. The fraction of sp³-hybridized carbons (Fsp3) is 0.375. The molecule has 1 aromatic heterocycles. The Morgan fingerprint density at radius 3 is 2.74 bits per heavy atom. The average Bonchev–Trinajstić information content (AvgIpc) is 3.67. The van der Waals surface area contributed by atoms with Crippen LogP contribution in [0.4, 0.5) is 0 Å². The van der Waals surface area contributed by atoms with E-state index in [9.17, 15) is 14.4 Å². The number of hydrogen-bond acceptors (Lipinski definition) is 8. The maximum Gasteiger partial charge on any atom is 0.259 e. The zero-order valence-electron chi connectivity index (χ0n) is 24.0. The summed E-state index contributed by atoms with van der Waals surface area (Å²) < 4.78 is 22.5. The number of pyridine rings is 1. The van der Waals surface area contributed by atoms with E-state index in [0.717, 1.165) is 11.3 Å². The van der Waals surface area contributed by atoms with Gasteiger partial charge in [-0.1, -0.05) is 12.1 Å². The monoisotopic (exact) mass is 586 g/mol. The highest BCUT2D eigenvalue weighted by atomic mass is 16.7. The summed E-state index contributed by atoms with van der Waals surface area (Å²) in [4.78, 5) is 48.3. The quantitative estimate of drug-likeness (QED) is 0.495. The minimum atomic E-state index is -0.377. The van der Waals surface area contributed by atoms with E-state index >= 15 is 0 Å². The highest BCUT2D eigenvalue weighted by Crippen LogP contribution is 2.35. The summed E-state index contributed by atoms with van der Waals surface area (Å²) in [7, 11) is 0. The van der Waals surface area contributed by atoms with Gasteiger partial charge in [0, 0.05) is 37.3 Å². The van der Waals surface area contributed by atoms with Crippen molar-refractivity contribution in [1.29, 1.82) is 0 Å². The molecule has 0 radical (unpaired) electrons. The molecule has 4 heterocycles. The van der Waals surface area contributed by atoms with Crippen molar-refractivity contribution in [3.63, 3.8) is 0 Å². The number of hydrogen-bond donors (Lipinski definition) is 1. The van der Waals surface area contributed by atoms with Crippen molar-refractivity contribution in [2.45, 2.75) is 31.7 Å². The van der Waals surface area contributed by atoms with Gasteiger partial charge in [-0.2, -0.15) is 0 Å². The Balaban J connectivity index is 1.25. The molecule has 0 spiro atoms. The van der Waals surface area contributed by atoms with Crippen molar-refractivity contribution in [3.05, 3.63) is 77.5 Å². The third-order valence-electron chi connectivity index (χ3n) is 7.85. The van der Waals surface area contributed by atoms with E-state index < -0.39 is 0 Å². The van der Waals surface area contributed by atoms with Crippen LogP contribution in [0.1, 0.15) is 52.0 Å². The fourth-order valence-electron chi connectivity index (χ4n) is 5.75. The van der Waals surface area contributed by atoms with Gasteiger partial charge in [0.1, 0.15) is 11.3 Å². The number of carbonyl (C=O) groups is 3. The molecule has 1 fully saturated rings. The van der Waals surface area contributed by atoms with Gasteiger partial charge in [0.25, 0.3) is 11.8 Å². The zero-order chi connectivity index (χ0) is 29.8. The zero-order valence-corrected chi connectivity index (χ0v) is 24.0. The maximum atomic E-state index is 13.6. The standard InChI is InChI=1S/C32H34N4O7/c1-2-40-30-24(9-6-12-33-30)32(39)35-13-3-4-14-41-23-8-5-7-21(15-23)25-17-36(18-26(25)34-29(37)19-35)31(38)22-10-11-27-28(16-22)43-20-42-27/h5-12,15-16,25-26H,2-4,13-14,17-20H2,1H3,(H,34,37)/t25-,26+/m1/s1. The number of ether oxygens (including phenoxy) is 4. The molecule has 1 N–H and O–H groups in total. The molecule has 11 nitrogen and oxygen atoms in total. The Morgan fingerprint density at radius 1 is 0.977 bits per heavy atom. The summed E-state index contributed by atoms with van der Waals surface area (Å²) in [5.74, 6) is 1.14. The van der Waals surface area contributed by atoms with Crippen LogP contribution < -0.4 is 24.3 Å². The van der Waals surface area contributed by atoms with Crippen molar-refractivity contribution in [2.75, 3.05) is 46.2 Å². The van der Waals surface area contributed by atoms with Crippen LogP contribution >= 0.6 is 0 Å². The average molecular weight is 587 g/mol. The van der Waals surface area contributed by atoms with Gasteiger partial charge in [-0.3, -0.25) is 14.4 Å². The molecule has 1 saturated heterocycles. The van der Waals surface area contributed by atoms with Crippen LogP contribution in [0.2, 0.25) is 0 Å². The Labute approximate surface area is 249 Å². The van der Waals surface area contributed by atoms with Crippen molar-refractivity contribution in [2.24, 2.45) is 0 Å². The summed E-state index contributed by atoms with van der Waals surface area (Å²) in [6, 6.07) is 15.9. The van der Waals surface area contributed by atoms with Crippen LogP contribution in [0.15, 0.2) is 60.8 Å². The smallest absolute Gasteiger partial charge is 0.259 e. The van der Waals surface area contributed by atoms with Gasteiger partial charge in [0.05, 0.1) is 25.8 Å². The van der Waals surface area contributed by atoms with Gasteiger partial charge in [-0.15, -0.1) is 0 Å². The number of nitrogens with zero attached hydrogens (tertiary/aromatic N) is 3. The largest absolute Gasteiger partial charge is 0.494 e. The minimum Gasteiger partial charge on any atom is -0.494 e. The lowest BCUT2D eigenvalue weighted by molar-refractivity contribution is -0.122. The summed E-state index contributed by atoms with van der Waals surface area (Å²) in [5, 5.41) is 3.14. The molecule has 3 aromatic rings. The fourth-order valence-corrected chi connectivity index (χ4v) is 5.75. The highest BCUT2D eigenvalue weighted by Gasteiger charge is 2.38. The number of benzene rings is 2. The summed E-state index contributed by atoms with van der Waals surface area (Å²) in [6.07, 6.45) is 2.91. The van der Waals surface area contributed by atoms with E-state index in [1.54, 1.807) is 41.4 Å². The molecule has 3 aliphatic rings. The topological polar surface area (TPSA) is 120 Å². The Kier molecular flexibility index (Phi) is 8.30. The van der Waals surface area contributed by atoms with Crippen LogP contribution in [0.25, 0.3) is 0 Å². The number of carbonyl (C=O) groups excluding carboxylic acids is 3. The van der Waals surface area contributed by atoms with Gasteiger partial charge in [-0.05, 0) is 67.8 Å². The third-order valence-corrected chi connectivity index (χ3v) is 7.85.